The summed E-state index contributed by atoms with van der Waals surface area (Å²) in [5.74, 6) is 0.0352. The fourth-order valence-corrected chi connectivity index (χ4v) is 2.38. The summed E-state index contributed by atoms with van der Waals surface area (Å²) in [6.07, 6.45) is 0.492. The van der Waals surface area contributed by atoms with Crippen LogP contribution in [0.4, 0.5) is 11.4 Å². The summed E-state index contributed by atoms with van der Waals surface area (Å²) in [4.78, 5) is 12.7. The molecule has 2 rings (SSSR count). The van der Waals surface area contributed by atoms with Gasteiger partial charge in [0.05, 0.1) is 0 Å². The van der Waals surface area contributed by atoms with E-state index in [1.165, 1.54) is 10.4 Å². The Hall–Kier alpha value is -1.81. The van der Waals surface area contributed by atoms with Gasteiger partial charge in [0.25, 0.3) is 0 Å². The Bertz CT molecular complexity index is 549. The zero-order chi connectivity index (χ0) is 13.7. The molecule has 19 heavy (non-hydrogen) atoms. The maximum atomic E-state index is 11.4. The van der Waals surface area contributed by atoms with Crippen LogP contribution < -0.4 is 10.6 Å². The number of amides is 1. The van der Waals surface area contributed by atoms with Gasteiger partial charge in [-0.2, -0.15) is 0 Å². The highest BCUT2D eigenvalue weighted by atomic mass is 32.1. The fourth-order valence-electron chi connectivity index (χ4n) is 1.74. The predicted molar refractivity (Wildman–Crippen MR) is 81.7 cm³/mol. The maximum Gasteiger partial charge on any atom is 0.224 e. The van der Waals surface area contributed by atoms with Crippen molar-refractivity contribution in [1.29, 1.82) is 0 Å². The standard InChI is InChI=1S/C15H18N2OS/c1-3-15(18)17-12-7-6-11(2)14(9-12)16-10-13-5-4-8-19-13/h4-9,16H,3,10H2,1-2H3,(H,17,18). The molecule has 2 aromatic rings. The molecule has 2 N–H and O–H groups in total. The lowest BCUT2D eigenvalue weighted by Gasteiger charge is -2.11. The molecule has 0 saturated carbocycles. The van der Waals surface area contributed by atoms with Crippen LogP contribution in [0.2, 0.25) is 0 Å². The van der Waals surface area contributed by atoms with E-state index in [2.05, 4.69) is 29.0 Å². The summed E-state index contributed by atoms with van der Waals surface area (Å²) in [5.41, 5.74) is 3.07. The molecule has 0 unspecified atom stereocenters. The average Bonchev–Trinajstić information content (AvgIpc) is 2.92. The number of anilines is 2. The Labute approximate surface area is 117 Å². The summed E-state index contributed by atoms with van der Waals surface area (Å²) in [6.45, 7) is 4.71. The number of nitrogens with one attached hydrogen (secondary N) is 2. The van der Waals surface area contributed by atoms with Crippen LogP contribution in [-0.2, 0) is 11.3 Å². The van der Waals surface area contributed by atoms with E-state index in [9.17, 15) is 4.79 Å². The molecule has 100 valence electrons. The molecule has 1 aromatic carbocycles. The molecule has 0 spiro atoms. The Morgan fingerprint density at radius 2 is 2.16 bits per heavy atom. The van der Waals surface area contributed by atoms with E-state index in [0.717, 1.165) is 17.9 Å². The van der Waals surface area contributed by atoms with E-state index in [-0.39, 0.29) is 5.91 Å². The monoisotopic (exact) mass is 274 g/mol. The van der Waals surface area contributed by atoms with Crippen LogP contribution in [0, 0.1) is 6.92 Å². The van der Waals surface area contributed by atoms with Crippen LogP contribution in [0.1, 0.15) is 23.8 Å². The van der Waals surface area contributed by atoms with Crippen molar-refractivity contribution in [3.8, 4) is 0 Å². The Balaban J connectivity index is 2.06. The lowest BCUT2D eigenvalue weighted by Crippen LogP contribution is -2.10. The molecule has 0 bridgehead atoms. The van der Waals surface area contributed by atoms with Gasteiger partial charge >= 0.3 is 0 Å². The lowest BCUT2D eigenvalue weighted by atomic mass is 10.1. The maximum absolute atomic E-state index is 11.4. The highest BCUT2D eigenvalue weighted by Crippen LogP contribution is 2.22. The molecular weight excluding hydrogens is 256 g/mol. The summed E-state index contributed by atoms with van der Waals surface area (Å²) in [5, 5.41) is 8.35. The third-order valence-electron chi connectivity index (χ3n) is 2.88. The molecule has 0 saturated heterocycles. The van der Waals surface area contributed by atoms with Gasteiger partial charge in [-0.3, -0.25) is 4.79 Å². The van der Waals surface area contributed by atoms with Gasteiger partial charge in [0.15, 0.2) is 0 Å². The van der Waals surface area contributed by atoms with Crippen molar-refractivity contribution in [3.05, 3.63) is 46.2 Å². The summed E-state index contributed by atoms with van der Waals surface area (Å²) >= 11 is 1.73. The number of hydrogen-bond acceptors (Lipinski definition) is 3. The minimum atomic E-state index is 0.0352. The van der Waals surface area contributed by atoms with Crippen LogP contribution in [-0.4, -0.2) is 5.91 Å². The Morgan fingerprint density at radius 1 is 1.32 bits per heavy atom. The molecule has 0 atom stereocenters. The third-order valence-corrected chi connectivity index (χ3v) is 3.75. The van der Waals surface area contributed by atoms with Crippen molar-refractivity contribution in [1.82, 2.24) is 0 Å². The molecule has 1 aromatic heterocycles. The molecule has 0 fully saturated rings. The second-order valence-corrected chi connectivity index (χ2v) is 5.40. The number of carbonyl (C=O) groups excluding carboxylic acids is 1. The molecule has 0 aliphatic rings. The Morgan fingerprint density at radius 3 is 2.84 bits per heavy atom. The first-order valence-corrected chi connectivity index (χ1v) is 7.23. The van der Waals surface area contributed by atoms with Gasteiger partial charge in [0.2, 0.25) is 5.91 Å². The van der Waals surface area contributed by atoms with Gasteiger partial charge in [0, 0.05) is 29.2 Å². The van der Waals surface area contributed by atoms with Crippen LogP contribution in [0.5, 0.6) is 0 Å². The highest BCUT2D eigenvalue weighted by molar-refractivity contribution is 7.09. The SMILES string of the molecule is CCC(=O)Nc1ccc(C)c(NCc2cccs2)c1. The molecule has 4 heteroatoms. The number of benzene rings is 1. The van der Waals surface area contributed by atoms with Crippen molar-refractivity contribution in [2.75, 3.05) is 10.6 Å². The number of thiophene rings is 1. The van der Waals surface area contributed by atoms with E-state index in [0.29, 0.717) is 6.42 Å². The van der Waals surface area contributed by atoms with Crippen LogP contribution >= 0.6 is 11.3 Å². The van der Waals surface area contributed by atoms with Crippen molar-refractivity contribution in [2.45, 2.75) is 26.8 Å². The summed E-state index contributed by atoms with van der Waals surface area (Å²) < 4.78 is 0. The molecule has 0 aliphatic carbocycles. The first kappa shape index (κ1) is 13.6. The van der Waals surface area contributed by atoms with Crippen molar-refractivity contribution in [3.63, 3.8) is 0 Å². The molecule has 0 radical (unpaired) electrons. The van der Waals surface area contributed by atoms with E-state index in [1.807, 2.05) is 31.2 Å². The van der Waals surface area contributed by atoms with Crippen LogP contribution in [0.3, 0.4) is 0 Å². The normalized spacial score (nSPS) is 10.2. The van der Waals surface area contributed by atoms with Crippen molar-refractivity contribution in [2.24, 2.45) is 0 Å². The number of rotatable bonds is 5. The minimum Gasteiger partial charge on any atom is -0.380 e. The van der Waals surface area contributed by atoms with Gasteiger partial charge in [-0.05, 0) is 36.1 Å². The molecule has 3 nitrogen and oxygen atoms in total. The second kappa shape index (κ2) is 6.38. The number of aryl methyl sites for hydroxylation is 1. The van der Waals surface area contributed by atoms with Crippen LogP contribution in [0.25, 0.3) is 0 Å². The molecule has 0 aliphatic heterocycles. The largest absolute Gasteiger partial charge is 0.380 e. The molecule has 1 amide bonds. The zero-order valence-electron chi connectivity index (χ0n) is 11.2. The van der Waals surface area contributed by atoms with E-state index >= 15 is 0 Å². The van der Waals surface area contributed by atoms with Crippen LogP contribution in [0.15, 0.2) is 35.7 Å². The smallest absolute Gasteiger partial charge is 0.224 e. The first-order valence-electron chi connectivity index (χ1n) is 6.36. The summed E-state index contributed by atoms with van der Waals surface area (Å²) in [7, 11) is 0. The van der Waals surface area contributed by atoms with Crippen molar-refractivity contribution < 1.29 is 4.79 Å². The number of hydrogen-bond donors (Lipinski definition) is 2. The average molecular weight is 274 g/mol. The van der Waals surface area contributed by atoms with Gasteiger partial charge < -0.3 is 10.6 Å². The number of carbonyl (C=O) groups is 1. The molecule has 1 heterocycles. The lowest BCUT2D eigenvalue weighted by molar-refractivity contribution is -0.115. The van der Waals surface area contributed by atoms with Gasteiger partial charge in [0.1, 0.15) is 0 Å². The fraction of sp³-hybridized carbons (Fsp3) is 0.267. The van der Waals surface area contributed by atoms with E-state index in [4.69, 9.17) is 0 Å². The van der Waals surface area contributed by atoms with Gasteiger partial charge in [-0.25, -0.2) is 0 Å². The minimum absolute atomic E-state index is 0.0352. The molecular formula is C15H18N2OS. The first-order chi connectivity index (χ1) is 9.19. The zero-order valence-corrected chi connectivity index (χ0v) is 12.0. The Kier molecular flexibility index (Phi) is 4.58. The van der Waals surface area contributed by atoms with Crippen molar-refractivity contribution >= 4 is 28.6 Å². The predicted octanol–water partition coefficient (Wildman–Crippen LogP) is 4.02. The highest BCUT2D eigenvalue weighted by Gasteiger charge is 2.03. The second-order valence-electron chi connectivity index (χ2n) is 4.36. The van der Waals surface area contributed by atoms with E-state index in [1.54, 1.807) is 11.3 Å². The third kappa shape index (κ3) is 3.83. The topological polar surface area (TPSA) is 41.1 Å². The quantitative estimate of drug-likeness (QED) is 0.864. The summed E-state index contributed by atoms with van der Waals surface area (Å²) in [6, 6.07) is 10.1. The van der Waals surface area contributed by atoms with Gasteiger partial charge in [-0.15, -0.1) is 11.3 Å². The van der Waals surface area contributed by atoms with E-state index < -0.39 is 0 Å². The van der Waals surface area contributed by atoms with Gasteiger partial charge in [-0.1, -0.05) is 19.1 Å².